The molecule has 0 radical (unpaired) electrons. The van der Waals surface area contributed by atoms with Gasteiger partial charge in [0, 0.05) is 31.9 Å². The zero-order valence-electron chi connectivity index (χ0n) is 17.8. The van der Waals surface area contributed by atoms with Gasteiger partial charge in [0.25, 0.3) is 0 Å². The van der Waals surface area contributed by atoms with E-state index in [1.807, 2.05) is 4.90 Å². The summed E-state index contributed by atoms with van der Waals surface area (Å²) < 4.78 is 106. The van der Waals surface area contributed by atoms with Gasteiger partial charge in [0.15, 0.2) is 0 Å². The van der Waals surface area contributed by atoms with Crippen molar-refractivity contribution < 1.29 is 44.8 Å². The van der Waals surface area contributed by atoms with Gasteiger partial charge in [-0.3, -0.25) is 19.6 Å². The van der Waals surface area contributed by atoms with Gasteiger partial charge in [0.2, 0.25) is 11.6 Å². The largest absolute Gasteiger partial charge is 0.460 e. The van der Waals surface area contributed by atoms with Crippen molar-refractivity contribution in [3.8, 4) is 0 Å². The van der Waals surface area contributed by atoms with Gasteiger partial charge in [0.05, 0.1) is 4.92 Å². The molecule has 0 N–H and O–H groups in total. The summed E-state index contributed by atoms with van der Waals surface area (Å²) in [4.78, 5) is 25.4. The Balaban J connectivity index is 1.80. The van der Waals surface area contributed by atoms with E-state index in [0.717, 1.165) is 6.92 Å². The molecular formula is C19H17F8N5O3. The minimum Gasteiger partial charge on any atom is -0.368 e. The minimum atomic E-state index is -6.72. The van der Waals surface area contributed by atoms with Crippen LogP contribution in [0.3, 0.4) is 0 Å². The number of rotatable bonds is 6. The van der Waals surface area contributed by atoms with E-state index in [4.69, 9.17) is 0 Å². The highest BCUT2D eigenvalue weighted by atomic mass is 19.4. The van der Waals surface area contributed by atoms with Gasteiger partial charge in [-0.15, -0.1) is 0 Å². The second-order valence-corrected chi connectivity index (χ2v) is 7.69. The standard InChI is InChI=1S/C19H17F8N5O3/c1-11-15(32(34)35)16(17(21,22)18(23,24)19(25,26)27)28-31(11)10-14(33)30-8-6-29(7-9-30)13-4-2-12(20)3-5-13/h2-5H,6-10H2,1H3. The molecule has 35 heavy (non-hydrogen) atoms. The number of piperazine rings is 1. The number of anilines is 1. The quantitative estimate of drug-likeness (QED) is 0.331. The summed E-state index contributed by atoms with van der Waals surface area (Å²) in [6, 6.07) is 5.54. The van der Waals surface area contributed by atoms with Crippen molar-refractivity contribution in [2.45, 2.75) is 31.5 Å². The third kappa shape index (κ3) is 4.73. The van der Waals surface area contributed by atoms with Crippen LogP contribution in [0.25, 0.3) is 0 Å². The van der Waals surface area contributed by atoms with Gasteiger partial charge in [0.1, 0.15) is 18.1 Å². The summed E-state index contributed by atoms with van der Waals surface area (Å²) in [5, 5.41) is 14.2. The summed E-state index contributed by atoms with van der Waals surface area (Å²) in [6.45, 7) is 0.683. The second-order valence-electron chi connectivity index (χ2n) is 7.69. The predicted molar refractivity (Wildman–Crippen MR) is 104 cm³/mol. The summed E-state index contributed by atoms with van der Waals surface area (Å²) in [7, 11) is 0. The Labute approximate surface area is 191 Å². The lowest BCUT2D eigenvalue weighted by molar-refractivity contribution is -0.394. The Morgan fingerprint density at radius 3 is 2.06 bits per heavy atom. The summed E-state index contributed by atoms with van der Waals surface area (Å²) in [5.41, 5.74) is -4.25. The van der Waals surface area contributed by atoms with Crippen molar-refractivity contribution in [2.75, 3.05) is 31.1 Å². The Hall–Kier alpha value is -3.46. The van der Waals surface area contributed by atoms with Crippen LogP contribution in [0.15, 0.2) is 24.3 Å². The van der Waals surface area contributed by atoms with Gasteiger partial charge >= 0.3 is 23.7 Å². The molecule has 1 amide bonds. The molecule has 0 unspecified atom stereocenters. The number of halogens is 8. The van der Waals surface area contributed by atoms with Crippen molar-refractivity contribution in [1.82, 2.24) is 14.7 Å². The SMILES string of the molecule is Cc1c([N+](=O)[O-])c(C(F)(F)C(F)(F)C(F)(F)F)nn1CC(=O)N1CCN(c2ccc(F)cc2)CC1. The van der Waals surface area contributed by atoms with E-state index in [0.29, 0.717) is 10.4 Å². The number of hydrogen-bond acceptors (Lipinski definition) is 5. The topological polar surface area (TPSA) is 84.5 Å². The number of aromatic nitrogens is 2. The van der Waals surface area contributed by atoms with E-state index in [2.05, 4.69) is 5.10 Å². The first-order chi connectivity index (χ1) is 16.1. The molecule has 1 aromatic carbocycles. The molecule has 3 rings (SSSR count). The van der Waals surface area contributed by atoms with E-state index in [-0.39, 0.29) is 26.2 Å². The molecule has 192 valence electrons. The first kappa shape index (κ1) is 26.2. The molecular weight excluding hydrogens is 498 g/mol. The normalized spacial score (nSPS) is 15.5. The molecule has 16 heteroatoms. The van der Waals surface area contributed by atoms with Crippen LogP contribution in [0.2, 0.25) is 0 Å². The molecule has 1 aromatic heterocycles. The van der Waals surface area contributed by atoms with E-state index in [1.165, 1.54) is 29.2 Å². The van der Waals surface area contributed by atoms with Gasteiger partial charge < -0.3 is 9.80 Å². The summed E-state index contributed by atoms with van der Waals surface area (Å²) >= 11 is 0. The number of nitro groups is 1. The van der Waals surface area contributed by atoms with E-state index in [9.17, 15) is 50.0 Å². The van der Waals surface area contributed by atoms with Gasteiger partial charge in [-0.1, -0.05) is 0 Å². The highest BCUT2D eigenvalue weighted by Gasteiger charge is 2.76. The van der Waals surface area contributed by atoms with E-state index >= 15 is 0 Å². The molecule has 8 nitrogen and oxygen atoms in total. The summed E-state index contributed by atoms with van der Waals surface area (Å²) in [6.07, 6.45) is -6.72. The van der Waals surface area contributed by atoms with Crippen molar-refractivity contribution >= 4 is 17.3 Å². The predicted octanol–water partition coefficient (Wildman–Crippen LogP) is 3.88. The zero-order valence-corrected chi connectivity index (χ0v) is 17.8. The van der Waals surface area contributed by atoms with Crippen LogP contribution >= 0.6 is 0 Å². The minimum absolute atomic E-state index is 0.105. The number of benzene rings is 1. The Kier molecular flexibility index (Phi) is 6.69. The third-order valence-electron chi connectivity index (χ3n) is 5.51. The maximum Gasteiger partial charge on any atom is 0.460 e. The van der Waals surface area contributed by atoms with Crippen molar-refractivity contribution in [1.29, 1.82) is 0 Å². The molecule has 1 fully saturated rings. The fourth-order valence-corrected chi connectivity index (χ4v) is 3.54. The van der Waals surface area contributed by atoms with E-state index < -0.39 is 58.3 Å². The first-order valence-electron chi connectivity index (χ1n) is 9.91. The number of hydrogen-bond donors (Lipinski definition) is 0. The molecule has 1 saturated heterocycles. The number of amides is 1. The highest BCUT2D eigenvalue weighted by Crippen LogP contribution is 2.53. The average molecular weight is 515 g/mol. The smallest absolute Gasteiger partial charge is 0.368 e. The Morgan fingerprint density at radius 1 is 1.03 bits per heavy atom. The lowest BCUT2D eigenvalue weighted by Gasteiger charge is -2.36. The van der Waals surface area contributed by atoms with E-state index in [1.54, 1.807) is 0 Å². The van der Waals surface area contributed by atoms with Gasteiger partial charge in [-0.05, 0) is 31.2 Å². The van der Waals surface area contributed by atoms with Crippen LogP contribution < -0.4 is 4.90 Å². The highest BCUT2D eigenvalue weighted by molar-refractivity contribution is 5.76. The maximum atomic E-state index is 14.2. The van der Waals surface area contributed by atoms with Crippen LogP contribution in [-0.4, -0.2) is 63.8 Å². The molecule has 0 saturated carbocycles. The zero-order chi connectivity index (χ0) is 26.3. The monoisotopic (exact) mass is 515 g/mol. The van der Waals surface area contributed by atoms with Crippen LogP contribution in [-0.2, 0) is 17.3 Å². The number of alkyl halides is 7. The molecule has 2 aromatic rings. The number of carbonyl (C=O) groups excluding carboxylic acids is 1. The van der Waals surface area contributed by atoms with Crippen LogP contribution in [0, 0.1) is 22.9 Å². The fraction of sp³-hybridized carbons (Fsp3) is 0.474. The van der Waals surface area contributed by atoms with Crippen molar-refractivity contribution in [2.24, 2.45) is 0 Å². The second kappa shape index (κ2) is 8.96. The molecule has 0 aliphatic carbocycles. The number of nitrogens with zero attached hydrogens (tertiary/aromatic N) is 5. The molecule has 2 heterocycles. The van der Waals surface area contributed by atoms with Crippen LogP contribution in [0.1, 0.15) is 11.4 Å². The lowest BCUT2D eigenvalue weighted by Crippen LogP contribution is -2.50. The fourth-order valence-electron chi connectivity index (χ4n) is 3.54. The molecule has 0 bridgehead atoms. The molecule has 1 aliphatic heterocycles. The lowest BCUT2D eigenvalue weighted by atomic mass is 10.1. The molecule has 1 aliphatic rings. The number of carbonyl (C=O) groups is 1. The van der Waals surface area contributed by atoms with Gasteiger partial charge in [-0.2, -0.15) is 35.8 Å². The molecule has 0 spiro atoms. The summed E-state index contributed by atoms with van der Waals surface area (Å²) in [5.74, 6) is -13.9. The maximum absolute atomic E-state index is 14.2. The molecule has 0 atom stereocenters. The van der Waals surface area contributed by atoms with Crippen LogP contribution in [0.5, 0.6) is 0 Å². The Morgan fingerprint density at radius 2 is 1.57 bits per heavy atom. The van der Waals surface area contributed by atoms with Crippen LogP contribution in [0.4, 0.5) is 46.5 Å². The Bertz CT molecular complexity index is 1110. The third-order valence-corrected chi connectivity index (χ3v) is 5.51. The van der Waals surface area contributed by atoms with Crippen molar-refractivity contribution in [3.05, 3.63) is 51.6 Å². The first-order valence-corrected chi connectivity index (χ1v) is 9.91. The van der Waals surface area contributed by atoms with Crippen molar-refractivity contribution in [3.63, 3.8) is 0 Å². The van der Waals surface area contributed by atoms with Gasteiger partial charge in [-0.25, -0.2) is 4.39 Å². The average Bonchev–Trinajstić information content (AvgIpc) is 3.10.